The Morgan fingerprint density at radius 1 is 0.625 bits per heavy atom. The maximum Gasteiger partial charge on any atom is 0.0512 e. The molecular weight excluding hydrogens is 296 g/mol. The summed E-state index contributed by atoms with van der Waals surface area (Å²) in [6.45, 7) is 3.69. The van der Waals surface area contributed by atoms with Crippen molar-refractivity contribution in [3.63, 3.8) is 0 Å². The maximum atomic E-state index is 9.31. The molecule has 0 radical (unpaired) electrons. The van der Waals surface area contributed by atoms with Gasteiger partial charge in [0.1, 0.15) is 0 Å². The highest BCUT2D eigenvalue weighted by atomic mass is 16.3. The Kier molecular flexibility index (Phi) is 7.48. The number of hydrogen-bond acceptors (Lipinski definition) is 2. The van der Waals surface area contributed by atoms with Gasteiger partial charge in [0.15, 0.2) is 0 Å². The number of aliphatic hydroxyl groups excluding tert-OH is 2. The van der Waals surface area contributed by atoms with Gasteiger partial charge in [-0.05, 0) is 74.6 Å². The number of rotatable bonds is 9. The maximum absolute atomic E-state index is 9.31. The predicted molar refractivity (Wildman–Crippen MR) is 101 cm³/mol. The molecule has 0 aliphatic rings. The largest absolute Gasteiger partial charge is 0.393 e. The highest BCUT2D eigenvalue weighted by Gasteiger charge is 2.02. The lowest BCUT2D eigenvalue weighted by molar-refractivity contribution is 0.181. The topological polar surface area (TPSA) is 40.5 Å². The molecule has 130 valence electrons. The summed E-state index contributed by atoms with van der Waals surface area (Å²) >= 11 is 0. The molecule has 2 N–H and O–H groups in total. The second-order valence-corrected chi connectivity index (χ2v) is 6.88. The minimum Gasteiger partial charge on any atom is -0.393 e. The second-order valence-electron chi connectivity index (χ2n) is 6.88. The zero-order valence-electron chi connectivity index (χ0n) is 14.9. The smallest absolute Gasteiger partial charge is 0.0512 e. The molecule has 0 heterocycles. The quantitative estimate of drug-likeness (QED) is 0.697. The molecule has 2 atom stereocenters. The lowest BCUT2D eigenvalue weighted by atomic mass is 9.99. The fourth-order valence-corrected chi connectivity index (χ4v) is 2.93. The van der Waals surface area contributed by atoms with Crippen LogP contribution in [0.25, 0.3) is 11.1 Å². The van der Waals surface area contributed by atoms with Crippen LogP contribution in [0.4, 0.5) is 0 Å². The Hall–Kier alpha value is -1.64. The van der Waals surface area contributed by atoms with Crippen LogP contribution in [-0.2, 0) is 12.8 Å². The van der Waals surface area contributed by atoms with Gasteiger partial charge < -0.3 is 10.2 Å². The van der Waals surface area contributed by atoms with Crippen molar-refractivity contribution in [1.29, 1.82) is 0 Å². The average molecular weight is 326 g/mol. The number of hydrogen-bond donors (Lipinski definition) is 2. The summed E-state index contributed by atoms with van der Waals surface area (Å²) in [6.07, 6.45) is 5.40. The van der Waals surface area contributed by atoms with Crippen LogP contribution in [0.15, 0.2) is 48.5 Å². The molecule has 0 saturated carbocycles. The number of aliphatic hydroxyl groups is 2. The lowest BCUT2D eigenvalue weighted by Crippen LogP contribution is -1.99. The molecule has 2 unspecified atom stereocenters. The normalized spacial score (nSPS) is 13.7. The first-order valence-electron chi connectivity index (χ1n) is 9.09. The molecular formula is C22H30O2. The Balaban J connectivity index is 1.89. The SMILES string of the molecule is CC(O)CCCc1ccc(-c2ccc(CCCC(C)O)cc2)cc1. The molecule has 2 rings (SSSR count). The summed E-state index contributed by atoms with van der Waals surface area (Å²) in [5, 5.41) is 18.6. The summed E-state index contributed by atoms with van der Waals surface area (Å²) in [5.74, 6) is 0. The van der Waals surface area contributed by atoms with Gasteiger partial charge in [0.2, 0.25) is 0 Å². The van der Waals surface area contributed by atoms with E-state index in [0.29, 0.717) is 0 Å². The molecule has 0 fully saturated rings. The molecule has 2 heteroatoms. The van der Waals surface area contributed by atoms with E-state index >= 15 is 0 Å². The first-order chi connectivity index (χ1) is 11.5. The summed E-state index contributed by atoms with van der Waals surface area (Å²) in [5.41, 5.74) is 5.14. The van der Waals surface area contributed by atoms with Gasteiger partial charge in [0.25, 0.3) is 0 Å². The van der Waals surface area contributed by atoms with E-state index in [4.69, 9.17) is 0 Å². The monoisotopic (exact) mass is 326 g/mol. The van der Waals surface area contributed by atoms with Gasteiger partial charge in [0, 0.05) is 0 Å². The molecule has 0 saturated heterocycles. The van der Waals surface area contributed by atoms with Crippen LogP contribution in [0.5, 0.6) is 0 Å². The van der Waals surface area contributed by atoms with Crippen LogP contribution in [0.3, 0.4) is 0 Å². The van der Waals surface area contributed by atoms with E-state index in [1.807, 2.05) is 13.8 Å². The first-order valence-corrected chi connectivity index (χ1v) is 9.09. The third kappa shape index (κ3) is 6.46. The van der Waals surface area contributed by atoms with Crippen LogP contribution >= 0.6 is 0 Å². The van der Waals surface area contributed by atoms with Crippen molar-refractivity contribution < 1.29 is 10.2 Å². The van der Waals surface area contributed by atoms with Crippen molar-refractivity contribution in [3.05, 3.63) is 59.7 Å². The number of aryl methyl sites for hydroxylation is 2. The van der Waals surface area contributed by atoms with Crippen LogP contribution in [0, 0.1) is 0 Å². The van der Waals surface area contributed by atoms with Gasteiger partial charge in [-0.25, -0.2) is 0 Å². The van der Waals surface area contributed by atoms with E-state index in [1.54, 1.807) is 0 Å². The Morgan fingerprint density at radius 2 is 0.958 bits per heavy atom. The van der Waals surface area contributed by atoms with E-state index in [1.165, 1.54) is 22.3 Å². The van der Waals surface area contributed by atoms with Crippen molar-refractivity contribution in [2.24, 2.45) is 0 Å². The van der Waals surface area contributed by atoms with Crippen LogP contribution in [0.2, 0.25) is 0 Å². The molecule has 24 heavy (non-hydrogen) atoms. The molecule has 2 aromatic carbocycles. The van der Waals surface area contributed by atoms with Gasteiger partial charge in [-0.2, -0.15) is 0 Å². The summed E-state index contributed by atoms with van der Waals surface area (Å²) in [6, 6.07) is 17.5. The molecule has 0 aliphatic carbocycles. The van der Waals surface area contributed by atoms with Crippen LogP contribution < -0.4 is 0 Å². The molecule has 0 bridgehead atoms. The van der Waals surface area contributed by atoms with E-state index < -0.39 is 0 Å². The average Bonchev–Trinajstić information content (AvgIpc) is 2.56. The summed E-state index contributed by atoms with van der Waals surface area (Å²) in [4.78, 5) is 0. The van der Waals surface area contributed by atoms with Gasteiger partial charge >= 0.3 is 0 Å². The molecule has 0 amide bonds. The van der Waals surface area contributed by atoms with Gasteiger partial charge in [-0.15, -0.1) is 0 Å². The minimum atomic E-state index is -0.205. The highest BCUT2D eigenvalue weighted by molar-refractivity contribution is 5.63. The molecule has 2 aromatic rings. The summed E-state index contributed by atoms with van der Waals surface area (Å²) in [7, 11) is 0. The summed E-state index contributed by atoms with van der Waals surface area (Å²) < 4.78 is 0. The third-order valence-electron chi connectivity index (χ3n) is 4.42. The van der Waals surface area contributed by atoms with Crippen molar-refractivity contribution in [2.75, 3.05) is 0 Å². The second kappa shape index (κ2) is 9.61. The van der Waals surface area contributed by atoms with E-state index in [0.717, 1.165) is 38.5 Å². The molecule has 2 nitrogen and oxygen atoms in total. The predicted octanol–water partition coefficient (Wildman–Crippen LogP) is 4.76. The zero-order valence-corrected chi connectivity index (χ0v) is 14.9. The highest BCUT2D eigenvalue weighted by Crippen LogP contribution is 2.21. The third-order valence-corrected chi connectivity index (χ3v) is 4.42. The Labute approximate surface area is 146 Å². The van der Waals surface area contributed by atoms with E-state index in [9.17, 15) is 10.2 Å². The van der Waals surface area contributed by atoms with Crippen molar-refractivity contribution in [1.82, 2.24) is 0 Å². The lowest BCUT2D eigenvalue weighted by Gasteiger charge is -2.08. The van der Waals surface area contributed by atoms with Gasteiger partial charge in [0.05, 0.1) is 12.2 Å². The van der Waals surface area contributed by atoms with Gasteiger partial charge in [-0.1, -0.05) is 48.5 Å². The minimum absolute atomic E-state index is 0.205. The fraction of sp³-hybridized carbons (Fsp3) is 0.455. The van der Waals surface area contributed by atoms with Crippen LogP contribution in [-0.4, -0.2) is 22.4 Å². The van der Waals surface area contributed by atoms with Crippen molar-refractivity contribution >= 4 is 0 Å². The van der Waals surface area contributed by atoms with Gasteiger partial charge in [-0.3, -0.25) is 0 Å². The fourth-order valence-electron chi connectivity index (χ4n) is 2.93. The Bertz CT molecular complexity index is 527. The zero-order chi connectivity index (χ0) is 17.4. The Morgan fingerprint density at radius 3 is 1.25 bits per heavy atom. The standard InChI is InChI=1S/C22H30O2/c1-17(23)5-3-7-19-9-13-21(14-10-19)22-15-11-20(12-16-22)8-4-6-18(2)24/h9-18,23-24H,3-8H2,1-2H3. The van der Waals surface area contributed by atoms with Crippen molar-refractivity contribution in [3.8, 4) is 11.1 Å². The molecule has 0 aliphatic heterocycles. The van der Waals surface area contributed by atoms with E-state index in [-0.39, 0.29) is 12.2 Å². The first kappa shape index (κ1) is 18.7. The van der Waals surface area contributed by atoms with Crippen LogP contribution in [0.1, 0.15) is 50.7 Å². The number of benzene rings is 2. The van der Waals surface area contributed by atoms with E-state index in [2.05, 4.69) is 48.5 Å². The molecule has 0 spiro atoms. The molecule has 0 aromatic heterocycles. The van der Waals surface area contributed by atoms with Crippen molar-refractivity contribution in [2.45, 2.75) is 64.6 Å².